The highest BCUT2D eigenvalue weighted by Gasteiger charge is 2.30. The molecule has 0 aliphatic carbocycles. The van der Waals surface area contributed by atoms with E-state index in [9.17, 15) is 18.0 Å². The number of hydrogen-bond donors (Lipinski definition) is 1. The maximum Gasteiger partial charge on any atom is 0.416 e. The Hall–Kier alpha value is -1.96. The highest BCUT2D eigenvalue weighted by molar-refractivity contribution is 14.0. The Labute approximate surface area is 186 Å². The predicted molar refractivity (Wildman–Crippen MR) is 116 cm³/mol. The Balaban J connectivity index is 0.00000420. The molecule has 1 saturated heterocycles. The average Bonchev–Trinajstić information content (AvgIpc) is 2.68. The third-order valence-corrected chi connectivity index (χ3v) is 4.33. The second-order valence-electron chi connectivity index (χ2n) is 6.31. The number of alkyl halides is 3. The molecule has 9 heteroatoms. The number of guanidine groups is 1. The van der Waals surface area contributed by atoms with Gasteiger partial charge in [0.2, 0.25) is 0 Å². The number of piperidine rings is 1. The molecule has 160 valence electrons. The van der Waals surface area contributed by atoms with Crippen LogP contribution in [0.5, 0.6) is 0 Å². The maximum atomic E-state index is 12.6. The molecular weight excluding hydrogens is 498 g/mol. The summed E-state index contributed by atoms with van der Waals surface area (Å²) in [6, 6.07) is 4.72. The number of likely N-dealkylation sites (tertiary alicyclic amines) is 1. The fourth-order valence-electron chi connectivity index (χ4n) is 2.97. The molecule has 29 heavy (non-hydrogen) atoms. The number of aliphatic imine (C=N–C) groups is 1. The van der Waals surface area contributed by atoms with Crippen LogP contribution in [0, 0.1) is 17.8 Å². The molecule has 5 nitrogen and oxygen atoms in total. The van der Waals surface area contributed by atoms with E-state index in [2.05, 4.69) is 22.2 Å². The third kappa shape index (κ3) is 7.76. The van der Waals surface area contributed by atoms with Crippen molar-refractivity contribution < 1.29 is 22.7 Å². The van der Waals surface area contributed by atoms with Gasteiger partial charge in [-0.05, 0) is 44.0 Å². The SMILES string of the molecule is CCOC(=O)[C@@H]1CCCN(C(=NC)NCC#Cc2ccc(C(F)(F)F)cc2)C1.I. The minimum Gasteiger partial charge on any atom is -0.466 e. The van der Waals surface area contributed by atoms with Crippen LogP contribution in [0.4, 0.5) is 13.2 Å². The van der Waals surface area contributed by atoms with Crippen molar-refractivity contribution in [3.8, 4) is 11.8 Å². The largest absolute Gasteiger partial charge is 0.466 e. The summed E-state index contributed by atoms with van der Waals surface area (Å²) in [5.74, 6) is 5.97. The molecule has 1 aromatic rings. The number of nitrogens with zero attached hydrogens (tertiary/aromatic N) is 2. The number of rotatable bonds is 3. The first-order chi connectivity index (χ1) is 13.3. The van der Waals surface area contributed by atoms with Crippen molar-refractivity contribution in [2.24, 2.45) is 10.9 Å². The van der Waals surface area contributed by atoms with Gasteiger partial charge in [0.15, 0.2) is 5.96 Å². The van der Waals surface area contributed by atoms with Gasteiger partial charge in [-0.15, -0.1) is 24.0 Å². The van der Waals surface area contributed by atoms with Crippen molar-refractivity contribution in [1.82, 2.24) is 10.2 Å². The summed E-state index contributed by atoms with van der Waals surface area (Å²) in [4.78, 5) is 18.2. The van der Waals surface area contributed by atoms with Crippen LogP contribution in [0.1, 0.15) is 30.9 Å². The number of ether oxygens (including phenoxy) is 1. The first kappa shape index (κ1) is 25.1. The Morgan fingerprint density at radius 1 is 1.34 bits per heavy atom. The molecule has 1 aliphatic heterocycles. The number of halogens is 4. The van der Waals surface area contributed by atoms with Gasteiger partial charge in [-0.1, -0.05) is 11.8 Å². The van der Waals surface area contributed by atoms with Gasteiger partial charge >= 0.3 is 12.1 Å². The smallest absolute Gasteiger partial charge is 0.416 e. The molecule has 1 aliphatic rings. The van der Waals surface area contributed by atoms with Gasteiger partial charge in [-0.3, -0.25) is 9.79 Å². The summed E-state index contributed by atoms with van der Waals surface area (Å²) in [7, 11) is 1.65. The van der Waals surface area contributed by atoms with E-state index in [1.54, 1.807) is 14.0 Å². The molecule has 1 fully saturated rings. The van der Waals surface area contributed by atoms with Gasteiger partial charge in [0, 0.05) is 25.7 Å². The monoisotopic (exact) mass is 523 g/mol. The van der Waals surface area contributed by atoms with Gasteiger partial charge in [0.1, 0.15) is 0 Å². The van der Waals surface area contributed by atoms with Crippen molar-refractivity contribution >= 4 is 35.9 Å². The number of carbonyl (C=O) groups excluding carboxylic acids is 1. The number of benzene rings is 1. The predicted octanol–water partition coefficient (Wildman–Crippen LogP) is 3.53. The van der Waals surface area contributed by atoms with E-state index in [0.29, 0.717) is 24.7 Å². The summed E-state index contributed by atoms with van der Waals surface area (Å²) in [6.07, 6.45) is -2.70. The molecule has 0 saturated carbocycles. The Bertz CT molecular complexity index is 755. The molecule has 0 bridgehead atoms. The van der Waals surface area contributed by atoms with Crippen LogP contribution >= 0.6 is 24.0 Å². The Kier molecular flexibility index (Phi) is 10.3. The highest BCUT2D eigenvalue weighted by Crippen LogP contribution is 2.28. The van der Waals surface area contributed by atoms with Crippen LogP contribution in [-0.2, 0) is 15.7 Å². The first-order valence-corrected chi connectivity index (χ1v) is 9.13. The van der Waals surface area contributed by atoms with E-state index in [1.165, 1.54) is 12.1 Å². The lowest BCUT2D eigenvalue weighted by Crippen LogP contribution is -2.48. The van der Waals surface area contributed by atoms with Crippen molar-refractivity contribution in [2.75, 3.05) is 33.3 Å². The molecule has 0 radical (unpaired) electrons. The fourth-order valence-corrected chi connectivity index (χ4v) is 2.97. The average molecular weight is 523 g/mol. The molecule has 1 atom stereocenters. The van der Waals surface area contributed by atoms with Crippen LogP contribution in [0.15, 0.2) is 29.3 Å². The van der Waals surface area contributed by atoms with Crippen LogP contribution in [0.2, 0.25) is 0 Å². The molecule has 1 aromatic carbocycles. The van der Waals surface area contributed by atoms with Crippen molar-refractivity contribution in [2.45, 2.75) is 25.9 Å². The van der Waals surface area contributed by atoms with Gasteiger partial charge in [-0.2, -0.15) is 13.2 Å². The van der Waals surface area contributed by atoms with Crippen molar-refractivity contribution in [3.63, 3.8) is 0 Å². The van der Waals surface area contributed by atoms with E-state index in [-0.39, 0.29) is 42.4 Å². The van der Waals surface area contributed by atoms with E-state index in [1.807, 2.05) is 4.90 Å². The summed E-state index contributed by atoms with van der Waals surface area (Å²) >= 11 is 0. The number of esters is 1. The lowest BCUT2D eigenvalue weighted by Gasteiger charge is -2.33. The molecule has 1 N–H and O–H groups in total. The van der Waals surface area contributed by atoms with Crippen LogP contribution in [0.3, 0.4) is 0 Å². The number of carbonyl (C=O) groups is 1. The quantitative estimate of drug-likeness (QED) is 0.217. The van der Waals surface area contributed by atoms with E-state index < -0.39 is 11.7 Å². The second-order valence-corrected chi connectivity index (χ2v) is 6.31. The van der Waals surface area contributed by atoms with E-state index in [4.69, 9.17) is 4.74 Å². The summed E-state index contributed by atoms with van der Waals surface area (Å²) in [5, 5.41) is 3.11. The summed E-state index contributed by atoms with van der Waals surface area (Å²) in [6.45, 7) is 3.75. The van der Waals surface area contributed by atoms with E-state index in [0.717, 1.165) is 31.5 Å². The van der Waals surface area contributed by atoms with Crippen LogP contribution < -0.4 is 5.32 Å². The zero-order valence-electron chi connectivity index (χ0n) is 16.4. The Morgan fingerprint density at radius 2 is 2.03 bits per heavy atom. The lowest BCUT2D eigenvalue weighted by atomic mass is 9.98. The first-order valence-electron chi connectivity index (χ1n) is 9.13. The molecular formula is C20H25F3IN3O2. The minimum atomic E-state index is -4.35. The van der Waals surface area contributed by atoms with Crippen molar-refractivity contribution in [1.29, 1.82) is 0 Å². The zero-order valence-corrected chi connectivity index (χ0v) is 18.7. The summed E-state index contributed by atoms with van der Waals surface area (Å²) in [5.41, 5.74) is -0.192. The van der Waals surface area contributed by atoms with E-state index >= 15 is 0 Å². The number of nitrogens with one attached hydrogen (secondary N) is 1. The molecule has 0 amide bonds. The normalized spacial score (nSPS) is 16.9. The topological polar surface area (TPSA) is 53.9 Å². The third-order valence-electron chi connectivity index (χ3n) is 4.33. The molecule has 2 rings (SSSR count). The zero-order chi connectivity index (χ0) is 20.6. The Morgan fingerprint density at radius 3 is 2.62 bits per heavy atom. The standard InChI is InChI=1S/C20H24F3N3O2.HI/c1-3-28-18(27)16-7-5-13-26(14-16)19(24-2)25-12-4-6-15-8-10-17(11-9-15)20(21,22)23;/h8-11,16H,3,5,7,12-14H2,1-2H3,(H,24,25);1H/t16-;/m1./s1. The van der Waals surface area contributed by atoms with Gasteiger partial charge < -0.3 is 15.0 Å². The van der Waals surface area contributed by atoms with Gasteiger partial charge in [0.05, 0.1) is 24.6 Å². The van der Waals surface area contributed by atoms with Crippen LogP contribution in [-0.4, -0.2) is 50.1 Å². The molecule has 1 heterocycles. The van der Waals surface area contributed by atoms with Crippen LogP contribution in [0.25, 0.3) is 0 Å². The summed E-state index contributed by atoms with van der Waals surface area (Å²) < 4.78 is 42.8. The molecule has 0 aromatic heterocycles. The van der Waals surface area contributed by atoms with Gasteiger partial charge in [-0.25, -0.2) is 0 Å². The van der Waals surface area contributed by atoms with Crippen molar-refractivity contribution in [3.05, 3.63) is 35.4 Å². The fraction of sp³-hybridized carbons (Fsp3) is 0.500. The molecule has 0 unspecified atom stereocenters. The minimum absolute atomic E-state index is 0. The molecule has 0 spiro atoms. The highest BCUT2D eigenvalue weighted by atomic mass is 127. The maximum absolute atomic E-state index is 12.6. The second kappa shape index (κ2) is 11.9. The number of hydrogen-bond acceptors (Lipinski definition) is 3. The lowest BCUT2D eigenvalue weighted by molar-refractivity contribution is -0.149. The van der Waals surface area contributed by atoms with Gasteiger partial charge in [0.25, 0.3) is 0 Å².